The first-order valence-electron chi connectivity index (χ1n) is 5.99. The Morgan fingerprint density at radius 3 is 2.40 bits per heavy atom. The molecule has 106 valence electrons. The number of anilines is 1. The van der Waals surface area contributed by atoms with E-state index in [9.17, 15) is 18.8 Å². The SMILES string of the molecule is CC1(C)NC(=O)N(CC(=O)Nc2ccc(F)cc2)C1=O. The van der Waals surface area contributed by atoms with Gasteiger partial charge in [0.1, 0.15) is 17.9 Å². The molecule has 0 bridgehead atoms. The maximum absolute atomic E-state index is 12.7. The first-order chi connectivity index (χ1) is 9.29. The average Bonchev–Trinajstić information content (AvgIpc) is 2.55. The molecule has 1 aliphatic rings. The predicted molar refractivity (Wildman–Crippen MR) is 69.4 cm³/mol. The van der Waals surface area contributed by atoms with E-state index >= 15 is 0 Å². The van der Waals surface area contributed by atoms with E-state index in [-0.39, 0.29) is 6.54 Å². The summed E-state index contributed by atoms with van der Waals surface area (Å²) >= 11 is 0. The molecule has 0 saturated carbocycles. The molecule has 0 spiro atoms. The third-order valence-corrected chi connectivity index (χ3v) is 2.87. The first-order valence-corrected chi connectivity index (χ1v) is 5.99. The Morgan fingerprint density at radius 2 is 1.90 bits per heavy atom. The van der Waals surface area contributed by atoms with Gasteiger partial charge >= 0.3 is 6.03 Å². The summed E-state index contributed by atoms with van der Waals surface area (Å²) in [7, 11) is 0. The quantitative estimate of drug-likeness (QED) is 0.813. The van der Waals surface area contributed by atoms with Crippen LogP contribution in [0.3, 0.4) is 0 Å². The van der Waals surface area contributed by atoms with Gasteiger partial charge in [-0.15, -0.1) is 0 Å². The fourth-order valence-corrected chi connectivity index (χ4v) is 1.84. The van der Waals surface area contributed by atoms with E-state index in [1.54, 1.807) is 13.8 Å². The Hall–Kier alpha value is -2.44. The van der Waals surface area contributed by atoms with Gasteiger partial charge in [-0.05, 0) is 38.1 Å². The molecule has 2 rings (SSSR count). The fourth-order valence-electron chi connectivity index (χ4n) is 1.84. The zero-order valence-electron chi connectivity index (χ0n) is 11.1. The lowest BCUT2D eigenvalue weighted by Gasteiger charge is -2.15. The number of hydrogen-bond acceptors (Lipinski definition) is 3. The van der Waals surface area contributed by atoms with Gasteiger partial charge in [0.2, 0.25) is 5.91 Å². The summed E-state index contributed by atoms with van der Waals surface area (Å²) in [5.41, 5.74) is -0.615. The van der Waals surface area contributed by atoms with Gasteiger partial charge in [0.05, 0.1) is 0 Å². The zero-order valence-corrected chi connectivity index (χ0v) is 11.1. The Morgan fingerprint density at radius 1 is 1.30 bits per heavy atom. The van der Waals surface area contributed by atoms with Crippen molar-refractivity contribution in [3.63, 3.8) is 0 Å². The van der Waals surface area contributed by atoms with E-state index in [0.29, 0.717) is 5.69 Å². The standard InChI is InChI=1S/C13H14FN3O3/c1-13(2)11(19)17(12(20)16-13)7-10(18)15-9-5-3-8(14)4-6-9/h3-6H,7H2,1-2H3,(H,15,18)(H,16,20). The van der Waals surface area contributed by atoms with Crippen LogP contribution >= 0.6 is 0 Å². The van der Waals surface area contributed by atoms with Crippen LogP contribution in [-0.2, 0) is 9.59 Å². The number of hydrogen-bond donors (Lipinski definition) is 2. The highest BCUT2D eigenvalue weighted by molar-refractivity contribution is 6.09. The van der Waals surface area contributed by atoms with E-state index in [1.807, 2.05) is 0 Å². The van der Waals surface area contributed by atoms with Crippen LogP contribution < -0.4 is 10.6 Å². The molecule has 1 heterocycles. The fraction of sp³-hybridized carbons (Fsp3) is 0.308. The number of nitrogens with zero attached hydrogens (tertiary/aromatic N) is 1. The van der Waals surface area contributed by atoms with Crippen LogP contribution in [0.1, 0.15) is 13.8 Å². The largest absolute Gasteiger partial charge is 0.325 e. The molecule has 7 heteroatoms. The molecule has 0 unspecified atom stereocenters. The van der Waals surface area contributed by atoms with Gasteiger partial charge in [0, 0.05) is 5.69 Å². The predicted octanol–water partition coefficient (Wildman–Crippen LogP) is 1.09. The highest BCUT2D eigenvalue weighted by atomic mass is 19.1. The average molecular weight is 279 g/mol. The summed E-state index contributed by atoms with van der Waals surface area (Å²) in [5, 5.41) is 4.96. The van der Waals surface area contributed by atoms with Crippen LogP contribution in [0.4, 0.5) is 14.9 Å². The van der Waals surface area contributed by atoms with Gasteiger partial charge in [0.15, 0.2) is 0 Å². The van der Waals surface area contributed by atoms with Gasteiger partial charge in [-0.1, -0.05) is 0 Å². The number of amides is 4. The van der Waals surface area contributed by atoms with Crippen molar-refractivity contribution in [1.29, 1.82) is 0 Å². The number of carbonyl (C=O) groups excluding carboxylic acids is 3. The molecule has 1 fully saturated rings. The molecule has 1 aliphatic heterocycles. The minimum Gasteiger partial charge on any atom is -0.325 e. The topological polar surface area (TPSA) is 78.5 Å². The van der Waals surface area contributed by atoms with Crippen LogP contribution in [0.25, 0.3) is 0 Å². The van der Waals surface area contributed by atoms with Crippen molar-refractivity contribution >= 4 is 23.5 Å². The lowest BCUT2D eigenvalue weighted by Crippen LogP contribution is -2.41. The molecule has 6 nitrogen and oxygen atoms in total. The highest BCUT2D eigenvalue weighted by Gasteiger charge is 2.44. The summed E-state index contributed by atoms with van der Waals surface area (Å²) in [5.74, 6) is -1.41. The number of rotatable bonds is 3. The number of urea groups is 1. The molecule has 1 aromatic carbocycles. The van der Waals surface area contributed by atoms with Gasteiger partial charge < -0.3 is 10.6 Å². The Kier molecular flexibility index (Phi) is 3.44. The Balaban J connectivity index is 2.00. The molecule has 0 atom stereocenters. The molecule has 0 aliphatic carbocycles. The molecular weight excluding hydrogens is 265 g/mol. The smallest absolute Gasteiger partial charge is 0.325 e. The summed E-state index contributed by atoms with van der Waals surface area (Å²) in [4.78, 5) is 36.1. The minimum absolute atomic E-state index is 0.383. The summed E-state index contributed by atoms with van der Waals surface area (Å²) in [6.45, 7) is 2.74. The number of carbonyl (C=O) groups is 3. The Labute approximate surface area is 114 Å². The van der Waals surface area contributed by atoms with Crippen molar-refractivity contribution in [1.82, 2.24) is 10.2 Å². The minimum atomic E-state index is -1.01. The van der Waals surface area contributed by atoms with Crippen LogP contribution in [0.5, 0.6) is 0 Å². The van der Waals surface area contributed by atoms with E-state index in [2.05, 4.69) is 10.6 Å². The maximum Gasteiger partial charge on any atom is 0.325 e. The maximum atomic E-state index is 12.7. The van der Waals surface area contributed by atoms with Crippen molar-refractivity contribution in [2.24, 2.45) is 0 Å². The third-order valence-electron chi connectivity index (χ3n) is 2.87. The first kappa shape index (κ1) is 14.0. The molecule has 0 aromatic heterocycles. The number of halogens is 1. The van der Waals surface area contributed by atoms with E-state index < -0.39 is 29.2 Å². The third kappa shape index (κ3) is 2.76. The molecule has 0 radical (unpaired) electrons. The molecular formula is C13H14FN3O3. The second-order valence-electron chi connectivity index (χ2n) is 5.00. The van der Waals surface area contributed by atoms with Crippen LogP contribution in [-0.4, -0.2) is 34.8 Å². The van der Waals surface area contributed by atoms with E-state index in [0.717, 1.165) is 4.90 Å². The van der Waals surface area contributed by atoms with Crippen LogP contribution in [0.15, 0.2) is 24.3 Å². The Bertz CT molecular complexity index is 569. The second kappa shape index (κ2) is 4.92. The normalized spacial score (nSPS) is 17.1. The molecule has 1 saturated heterocycles. The second-order valence-corrected chi connectivity index (χ2v) is 5.00. The monoisotopic (exact) mass is 279 g/mol. The summed E-state index contributed by atoms with van der Waals surface area (Å²) in [6, 6.07) is 4.58. The molecule has 4 amide bonds. The molecule has 2 N–H and O–H groups in total. The van der Waals surface area contributed by atoms with Gasteiger partial charge in [-0.25, -0.2) is 9.18 Å². The lowest BCUT2D eigenvalue weighted by atomic mass is 10.1. The van der Waals surface area contributed by atoms with E-state index in [4.69, 9.17) is 0 Å². The summed E-state index contributed by atoms with van der Waals surface area (Å²) < 4.78 is 12.7. The molecule has 1 aromatic rings. The van der Waals surface area contributed by atoms with Gasteiger partial charge in [0.25, 0.3) is 5.91 Å². The zero-order chi connectivity index (χ0) is 14.9. The summed E-state index contributed by atoms with van der Waals surface area (Å²) in [6.07, 6.45) is 0. The molecule has 20 heavy (non-hydrogen) atoms. The van der Waals surface area contributed by atoms with Crippen LogP contribution in [0, 0.1) is 5.82 Å². The van der Waals surface area contributed by atoms with Crippen molar-refractivity contribution in [3.05, 3.63) is 30.1 Å². The number of nitrogens with one attached hydrogen (secondary N) is 2. The number of benzene rings is 1. The van der Waals surface area contributed by atoms with Crippen LogP contribution in [0.2, 0.25) is 0 Å². The van der Waals surface area contributed by atoms with Crippen molar-refractivity contribution < 1.29 is 18.8 Å². The van der Waals surface area contributed by atoms with E-state index in [1.165, 1.54) is 24.3 Å². The van der Waals surface area contributed by atoms with Gasteiger partial charge in [-0.3, -0.25) is 14.5 Å². The van der Waals surface area contributed by atoms with Crippen molar-refractivity contribution in [2.75, 3.05) is 11.9 Å². The van der Waals surface area contributed by atoms with Gasteiger partial charge in [-0.2, -0.15) is 0 Å². The lowest BCUT2D eigenvalue weighted by molar-refractivity contribution is -0.132. The van der Waals surface area contributed by atoms with Crippen molar-refractivity contribution in [3.8, 4) is 0 Å². The van der Waals surface area contributed by atoms with Crippen molar-refractivity contribution in [2.45, 2.75) is 19.4 Å². The highest BCUT2D eigenvalue weighted by Crippen LogP contribution is 2.16. The number of imide groups is 1.